The van der Waals surface area contributed by atoms with E-state index in [-0.39, 0.29) is 11.7 Å². The van der Waals surface area contributed by atoms with Gasteiger partial charge >= 0.3 is 0 Å². The lowest BCUT2D eigenvalue weighted by Gasteiger charge is -2.23. The first-order valence-corrected chi connectivity index (χ1v) is 7.37. The summed E-state index contributed by atoms with van der Waals surface area (Å²) in [4.78, 5) is 2.42. The molecule has 0 N–H and O–H groups in total. The van der Waals surface area contributed by atoms with Gasteiger partial charge < -0.3 is 14.2 Å². The monoisotopic (exact) mass is 277 g/mol. The number of ether oxygens (including phenoxy) is 3. The number of methoxy groups -OCH3 is 1. The molecule has 4 nitrogen and oxygen atoms in total. The van der Waals surface area contributed by atoms with E-state index in [0.29, 0.717) is 6.61 Å². The van der Waals surface area contributed by atoms with Gasteiger partial charge in [0.05, 0.1) is 18.8 Å². The first-order chi connectivity index (χ1) is 9.80. The Morgan fingerprint density at radius 3 is 3.00 bits per heavy atom. The number of hydrogen-bond donors (Lipinski definition) is 0. The van der Waals surface area contributed by atoms with Gasteiger partial charge in [-0.25, -0.2) is 0 Å². The van der Waals surface area contributed by atoms with Crippen LogP contribution in [0, 0.1) is 0 Å². The second kappa shape index (κ2) is 6.12. The predicted molar refractivity (Wildman–Crippen MR) is 77.1 cm³/mol. The van der Waals surface area contributed by atoms with Gasteiger partial charge in [-0.15, -0.1) is 0 Å². The molecule has 0 radical (unpaired) electrons. The highest BCUT2D eigenvalue weighted by molar-refractivity contribution is 5.21. The van der Waals surface area contributed by atoms with E-state index in [1.807, 2.05) is 30.3 Å². The third kappa shape index (κ3) is 3.14. The van der Waals surface area contributed by atoms with Crippen LogP contribution >= 0.6 is 0 Å². The second-order valence-corrected chi connectivity index (χ2v) is 5.77. The zero-order chi connectivity index (χ0) is 13.8. The Hall–Kier alpha value is -1.10. The van der Waals surface area contributed by atoms with E-state index in [2.05, 4.69) is 4.90 Å². The number of para-hydroxylation sites is 1. The highest BCUT2D eigenvalue weighted by Crippen LogP contribution is 2.36. The van der Waals surface area contributed by atoms with Crippen molar-refractivity contribution in [1.29, 1.82) is 0 Å². The summed E-state index contributed by atoms with van der Waals surface area (Å²) in [6.45, 7) is 4.59. The van der Waals surface area contributed by atoms with Crippen LogP contribution in [-0.4, -0.2) is 56.6 Å². The molecule has 2 aliphatic rings. The lowest BCUT2D eigenvalue weighted by molar-refractivity contribution is 0.00837. The summed E-state index contributed by atoms with van der Waals surface area (Å²) in [5, 5.41) is 0. The molecule has 1 aromatic rings. The molecule has 1 aromatic carbocycles. The molecule has 2 aliphatic heterocycles. The Morgan fingerprint density at radius 2 is 2.20 bits per heavy atom. The van der Waals surface area contributed by atoms with Gasteiger partial charge in [0.1, 0.15) is 11.9 Å². The van der Waals surface area contributed by atoms with Crippen molar-refractivity contribution < 1.29 is 14.2 Å². The first kappa shape index (κ1) is 13.9. The third-order valence-corrected chi connectivity index (χ3v) is 4.23. The zero-order valence-corrected chi connectivity index (χ0v) is 12.1. The van der Waals surface area contributed by atoms with E-state index >= 15 is 0 Å². The van der Waals surface area contributed by atoms with Crippen molar-refractivity contribution in [2.24, 2.45) is 0 Å². The lowest BCUT2D eigenvalue weighted by atomic mass is 9.98. The highest BCUT2D eigenvalue weighted by atomic mass is 16.6. The fraction of sp³-hybridized carbons (Fsp3) is 0.625. The van der Waals surface area contributed by atoms with Crippen molar-refractivity contribution in [3.63, 3.8) is 0 Å². The Balaban J connectivity index is 1.52. The second-order valence-electron chi connectivity index (χ2n) is 5.77. The molecule has 2 atom stereocenters. The van der Waals surface area contributed by atoms with Crippen LogP contribution in [0.4, 0.5) is 0 Å². The maximum Gasteiger partial charge on any atom is 0.125 e. The van der Waals surface area contributed by atoms with Crippen molar-refractivity contribution in [2.75, 3.05) is 40.0 Å². The third-order valence-electron chi connectivity index (χ3n) is 4.23. The minimum absolute atomic E-state index is 0.00713. The van der Waals surface area contributed by atoms with E-state index in [4.69, 9.17) is 14.2 Å². The molecule has 0 bridgehead atoms. The van der Waals surface area contributed by atoms with Crippen molar-refractivity contribution in [1.82, 2.24) is 4.90 Å². The largest absolute Gasteiger partial charge is 0.488 e. The Kier molecular flexibility index (Phi) is 4.24. The van der Waals surface area contributed by atoms with Crippen molar-refractivity contribution in [3.8, 4) is 5.75 Å². The van der Waals surface area contributed by atoms with Crippen LogP contribution in [0.5, 0.6) is 5.75 Å². The first-order valence-electron chi connectivity index (χ1n) is 7.37. The van der Waals surface area contributed by atoms with Gasteiger partial charge in [-0.3, -0.25) is 4.90 Å². The Labute approximate surface area is 120 Å². The van der Waals surface area contributed by atoms with Gasteiger partial charge in [0.15, 0.2) is 0 Å². The standard InChI is InChI=1S/C16H23NO3/c1-18-10-9-17-8-7-16(13-17)11-15(12-19-16)20-14-5-3-2-4-6-14/h2-6,15H,7-13H2,1H3/t15-,16+/m0/s1. The predicted octanol–water partition coefficient (Wildman–Crippen LogP) is 1.95. The van der Waals surface area contributed by atoms with Crippen molar-refractivity contribution in [3.05, 3.63) is 30.3 Å². The minimum Gasteiger partial charge on any atom is -0.488 e. The van der Waals surface area contributed by atoms with E-state index in [1.54, 1.807) is 7.11 Å². The summed E-state index contributed by atoms with van der Waals surface area (Å²) >= 11 is 0. The van der Waals surface area contributed by atoms with Gasteiger partial charge in [-0.1, -0.05) is 18.2 Å². The smallest absolute Gasteiger partial charge is 0.125 e. The summed E-state index contributed by atoms with van der Waals surface area (Å²) in [6, 6.07) is 10.0. The van der Waals surface area contributed by atoms with Crippen LogP contribution in [-0.2, 0) is 9.47 Å². The molecular formula is C16H23NO3. The maximum absolute atomic E-state index is 6.09. The molecule has 2 fully saturated rings. The Morgan fingerprint density at radius 1 is 1.35 bits per heavy atom. The van der Waals surface area contributed by atoms with Gasteiger partial charge in [0.2, 0.25) is 0 Å². The van der Waals surface area contributed by atoms with Crippen LogP contribution in [0.3, 0.4) is 0 Å². The molecule has 2 heterocycles. The maximum atomic E-state index is 6.09. The number of benzene rings is 1. The average molecular weight is 277 g/mol. The molecule has 0 unspecified atom stereocenters. The van der Waals surface area contributed by atoms with Crippen LogP contribution < -0.4 is 4.74 Å². The van der Waals surface area contributed by atoms with E-state index in [9.17, 15) is 0 Å². The van der Waals surface area contributed by atoms with Gasteiger partial charge in [0, 0.05) is 33.2 Å². The summed E-state index contributed by atoms with van der Waals surface area (Å²) in [5.41, 5.74) is 0.00713. The van der Waals surface area contributed by atoms with Crippen LogP contribution in [0.15, 0.2) is 30.3 Å². The molecule has 0 amide bonds. The van der Waals surface area contributed by atoms with Gasteiger partial charge in [-0.2, -0.15) is 0 Å². The SMILES string of the molecule is COCCN1CC[C@@]2(C[C@H](Oc3ccccc3)CO2)C1. The molecule has 2 saturated heterocycles. The topological polar surface area (TPSA) is 30.9 Å². The van der Waals surface area contributed by atoms with Crippen molar-refractivity contribution in [2.45, 2.75) is 24.5 Å². The average Bonchev–Trinajstić information content (AvgIpc) is 3.05. The van der Waals surface area contributed by atoms with Crippen LogP contribution in [0.2, 0.25) is 0 Å². The molecular weight excluding hydrogens is 254 g/mol. The molecule has 0 saturated carbocycles. The fourth-order valence-corrected chi connectivity index (χ4v) is 3.19. The molecule has 0 aromatic heterocycles. The molecule has 20 heavy (non-hydrogen) atoms. The van der Waals surface area contributed by atoms with Crippen molar-refractivity contribution >= 4 is 0 Å². The zero-order valence-electron chi connectivity index (χ0n) is 12.1. The number of likely N-dealkylation sites (tertiary alicyclic amines) is 1. The lowest BCUT2D eigenvalue weighted by Crippen LogP contribution is -2.34. The van der Waals surface area contributed by atoms with Gasteiger partial charge in [0.25, 0.3) is 0 Å². The molecule has 1 spiro atoms. The molecule has 0 aliphatic carbocycles. The van der Waals surface area contributed by atoms with Crippen LogP contribution in [0.1, 0.15) is 12.8 Å². The number of rotatable bonds is 5. The van der Waals surface area contributed by atoms with E-state index in [1.165, 1.54) is 0 Å². The van der Waals surface area contributed by atoms with Gasteiger partial charge in [-0.05, 0) is 18.6 Å². The highest BCUT2D eigenvalue weighted by Gasteiger charge is 2.46. The normalized spacial score (nSPS) is 30.1. The fourth-order valence-electron chi connectivity index (χ4n) is 3.19. The summed E-state index contributed by atoms with van der Waals surface area (Å²) in [7, 11) is 1.75. The number of hydrogen-bond acceptors (Lipinski definition) is 4. The summed E-state index contributed by atoms with van der Waals surface area (Å²) < 4.78 is 17.2. The van der Waals surface area contributed by atoms with E-state index in [0.717, 1.165) is 44.8 Å². The molecule has 3 rings (SSSR count). The Bertz CT molecular complexity index is 425. The molecule has 4 heteroatoms. The molecule has 110 valence electrons. The van der Waals surface area contributed by atoms with Crippen LogP contribution in [0.25, 0.3) is 0 Å². The minimum atomic E-state index is 0.00713. The van der Waals surface area contributed by atoms with E-state index < -0.39 is 0 Å². The summed E-state index contributed by atoms with van der Waals surface area (Å²) in [6.07, 6.45) is 2.27. The number of nitrogens with zero attached hydrogens (tertiary/aromatic N) is 1. The quantitative estimate of drug-likeness (QED) is 0.823. The summed E-state index contributed by atoms with van der Waals surface area (Å²) in [5.74, 6) is 0.937.